The molecule has 1 heteroatoms. The Labute approximate surface area is 85.7 Å². The molecular formula is C12H15Cl. The molecule has 0 radical (unpaired) electrons. The number of halogens is 1. The number of allylic oxidation sites excluding steroid dienone is 4. The van der Waals surface area contributed by atoms with E-state index in [4.69, 9.17) is 11.6 Å². The van der Waals surface area contributed by atoms with Crippen LogP contribution in [-0.4, -0.2) is 5.88 Å². The summed E-state index contributed by atoms with van der Waals surface area (Å²) in [7, 11) is 0. The highest BCUT2D eigenvalue weighted by molar-refractivity contribution is 6.17. The molecule has 1 aliphatic carbocycles. The summed E-state index contributed by atoms with van der Waals surface area (Å²) >= 11 is 5.56. The second-order valence-electron chi connectivity index (χ2n) is 3.27. The fraction of sp³-hybridized carbons (Fsp3) is 0.500. The summed E-state index contributed by atoms with van der Waals surface area (Å²) in [6.45, 7) is 2.20. The fourth-order valence-corrected chi connectivity index (χ4v) is 1.38. The number of hydrogen-bond acceptors (Lipinski definition) is 0. The zero-order valence-corrected chi connectivity index (χ0v) is 8.72. The standard InChI is InChI=1S/C12H15Cl/c1-11-7-4-5-9-12(11)8-3-2-6-10-13/h4-5,7,9,11-12H,2,6,10H2,1H3. The molecule has 0 saturated carbocycles. The summed E-state index contributed by atoms with van der Waals surface area (Å²) < 4.78 is 0. The maximum atomic E-state index is 5.56. The van der Waals surface area contributed by atoms with Crippen LogP contribution < -0.4 is 0 Å². The molecule has 70 valence electrons. The van der Waals surface area contributed by atoms with Gasteiger partial charge >= 0.3 is 0 Å². The highest BCUT2D eigenvalue weighted by atomic mass is 35.5. The lowest BCUT2D eigenvalue weighted by atomic mass is 9.90. The third-order valence-corrected chi connectivity index (χ3v) is 2.38. The van der Waals surface area contributed by atoms with Gasteiger partial charge in [-0.3, -0.25) is 0 Å². The van der Waals surface area contributed by atoms with Gasteiger partial charge in [0.05, 0.1) is 0 Å². The van der Waals surface area contributed by atoms with Crippen molar-refractivity contribution in [2.24, 2.45) is 11.8 Å². The molecule has 0 aromatic rings. The molecule has 2 atom stereocenters. The minimum atomic E-state index is 0.403. The molecule has 1 rings (SSSR count). The quantitative estimate of drug-likeness (QED) is 0.359. The third kappa shape index (κ3) is 3.70. The van der Waals surface area contributed by atoms with E-state index in [-0.39, 0.29) is 0 Å². The lowest BCUT2D eigenvalue weighted by Gasteiger charge is -2.13. The van der Waals surface area contributed by atoms with Gasteiger partial charge in [0.15, 0.2) is 0 Å². The Hall–Kier alpha value is -0.670. The first-order valence-corrected chi connectivity index (χ1v) is 5.27. The number of rotatable bonds is 2. The van der Waals surface area contributed by atoms with Crippen molar-refractivity contribution in [3.8, 4) is 11.8 Å². The molecule has 0 spiro atoms. The summed E-state index contributed by atoms with van der Waals surface area (Å²) in [6.07, 6.45) is 10.4. The van der Waals surface area contributed by atoms with Gasteiger partial charge in [-0.05, 0) is 12.3 Å². The zero-order valence-electron chi connectivity index (χ0n) is 7.96. The Morgan fingerprint density at radius 2 is 2.08 bits per heavy atom. The molecule has 0 aromatic heterocycles. The number of alkyl halides is 1. The first-order chi connectivity index (χ1) is 6.34. The van der Waals surface area contributed by atoms with E-state index >= 15 is 0 Å². The van der Waals surface area contributed by atoms with Crippen LogP contribution in [0, 0.1) is 23.7 Å². The Bertz CT molecular complexity index is 252. The first-order valence-electron chi connectivity index (χ1n) is 4.74. The molecule has 0 saturated heterocycles. The van der Waals surface area contributed by atoms with E-state index in [0.29, 0.717) is 17.7 Å². The molecule has 0 fully saturated rings. The average molecular weight is 195 g/mol. The summed E-state index contributed by atoms with van der Waals surface area (Å²) in [4.78, 5) is 0. The predicted molar refractivity (Wildman–Crippen MR) is 58.7 cm³/mol. The normalized spacial score (nSPS) is 25.4. The van der Waals surface area contributed by atoms with Crippen LogP contribution >= 0.6 is 11.6 Å². The fourth-order valence-electron chi connectivity index (χ4n) is 1.24. The number of unbranched alkanes of at least 4 members (excludes halogenated alkanes) is 1. The van der Waals surface area contributed by atoms with Gasteiger partial charge in [0, 0.05) is 18.2 Å². The second-order valence-corrected chi connectivity index (χ2v) is 3.65. The van der Waals surface area contributed by atoms with Crippen molar-refractivity contribution >= 4 is 11.6 Å². The molecule has 0 amide bonds. The van der Waals surface area contributed by atoms with Gasteiger partial charge in [0.25, 0.3) is 0 Å². The molecule has 0 aromatic carbocycles. The van der Waals surface area contributed by atoms with Gasteiger partial charge in [-0.1, -0.05) is 37.1 Å². The van der Waals surface area contributed by atoms with Crippen molar-refractivity contribution in [3.05, 3.63) is 24.3 Å². The summed E-state index contributed by atoms with van der Waals surface area (Å²) in [5, 5.41) is 0. The van der Waals surface area contributed by atoms with Crippen LogP contribution in [0.25, 0.3) is 0 Å². The highest BCUT2D eigenvalue weighted by Gasteiger charge is 2.09. The van der Waals surface area contributed by atoms with Crippen molar-refractivity contribution in [1.82, 2.24) is 0 Å². The van der Waals surface area contributed by atoms with Crippen LogP contribution in [0.2, 0.25) is 0 Å². The molecule has 0 aliphatic heterocycles. The van der Waals surface area contributed by atoms with Crippen molar-refractivity contribution in [2.45, 2.75) is 19.8 Å². The van der Waals surface area contributed by atoms with Crippen LogP contribution in [-0.2, 0) is 0 Å². The third-order valence-electron chi connectivity index (χ3n) is 2.11. The summed E-state index contributed by atoms with van der Waals surface area (Å²) in [5.41, 5.74) is 0. The Morgan fingerprint density at radius 1 is 1.31 bits per heavy atom. The Morgan fingerprint density at radius 3 is 2.77 bits per heavy atom. The zero-order chi connectivity index (χ0) is 9.52. The van der Waals surface area contributed by atoms with Crippen molar-refractivity contribution in [3.63, 3.8) is 0 Å². The SMILES string of the molecule is CC1C=CC=CC1C#CCCCCl. The maximum Gasteiger partial charge on any atom is 0.0445 e. The smallest absolute Gasteiger partial charge is 0.0445 e. The summed E-state index contributed by atoms with van der Waals surface area (Å²) in [6, 6.07) is 0. The van der Waals surface area contributed by atoms with Crippen LogP contribution in [0.3, 0.4) is 0 Å². The highest BCUT2D eigenvalue weighted by Crippen LogP contribution is 2.17. The average Bonchev–Trinajstić information content (AvgIpc) is 2.15. The molecule has 2 unspecified atom stereocenters. The Balaban J connectivity index is 2.38. The molecule has 13 heavy (non-hydrogen) atoms. The van der Waals surface area contributed by atoms with Gasteiger partial charge in [0.1, 0.15) is 0 Å². The van der Waals surface area contributed by atoms with Crippen LogP contribution in [0.15, 0.2) is 24.3 Å². The van der Waals surface area contributed by atoms with Gasteiger partial charge in [-0.2, -0.15) is 0 Å². The summed E-state index contributed by atoms with van der Waals surface area (Å²) in [5.74, 6) is 8.09. The van der Waals surface area contributed by atoms with E-state index in [1.165, 1.54) is 0 Å². The number of hydrogen-bond donors (Lipinski definition) is 0. The predicted octanol–water partition coefficient (Wildman–Crippen LogP) is 3.39. The van der Waals surface area contributed by atoms with Crippen molar-refractivity contribution < 1.29 is 0 Å². The first kappa shape index (κ1) is 10.4. The van der Waals surface area contributed by atoms with Gasteiger partial charge in [-0.25, -0.2) is 0 Å². The molecule has 0 heterocycles. The van der Waals surface area contributed by atoms with Crippen LogP contribution in [0.5, 0.6) is 0 Å². The lowest BCUT2D eigenvalue weighted by molar-refractivity contribution is 0.622. The van der Waals surface area contributed by atoms with E-state index in [2.05, 4.69) is 43.1 Å². The van der Waals surface area contributed by atoms with Gasteiger partial charge in [0.2, 0.25) is 0 Å². The minimum absolute atomic E-state index is 0.403. The van der Waals surface area contributed by atoms with Crippen LogP contribution in [0.4, 0.5) is 0 Å². The second kappa shape index (κ2) is 5.89. The van der Waals surface area contributed by atoms with E-state index < -0.39 is 0 Å². The van der Waals surface area contributed by atoms with Crippen molar-refractivity contribution in [2.75, 3.05) is 5.88 Å². The van der Waals surface area contributed by atoms with E-state index in [9.17, 15) is 0 Å². The minimum Gasteiger partial charge on any atom is -0.127 e. The van der Waals surface area contributed by atoms with Crippen LogP contribution in [0.1, 0.15) is 19.8 Å². The van der Waals surface area contributed by atoms with E-state index in [1.54, 1.807) is 0 Å². The molecule has 0 nitrogen and oxygen atoms in total. The molecule has 0 N–H and O–H groups in total. The molecule has 1 aliphatic rings. The van der Waals surface area contributed by atoms with E-state index in [0.717, 1.165) is 12.8 Å². The van der Waals surface area contributed by atoms with Gasteiger partial charge in [-0.15, -0.1) is 17.5 Å². The lowest BCUT2D eigenvalue weighted by Crippen LogP contribution is -2.06. The maximum absolute atomic E-state index is 5.56. The Kier molecular flexibility index (Phi) is 4.72. The van der Waals surface area contributed by atoms with Crippen molar-refractivity contribution in [1.29, 1.82) is 0 Å². The largest absolute Gasteiger partial charge is 0.127 e. The molecule has 0 bridgehead atoms. The molecular weight excluding hydrogens is 180 g/mol. The monoisotopic (exact) mass is 194 g/mol. The topological polar surface area (TPSA) is 0 Å². The van der Waals surface area contributed by atoms with E-state index in [1.807, 2.05) is 0 Å². The van der Waals surface area contributed by atoms with Gasteiger partial charge < -0.3 is 0 Å².